The van der Waals surface area contributed by atoms with Gasteiger partial charge >= 0.3 is 0 Å². The van der Waals surface area contributed by atoms with Crippen molar-refractivity contribution in [2.45, 2.75) is 30.2 Å². The molecule has 0 bridgehead atoms. The van der Waals surface area contributed by atoms with Gasteiger partial charge in [0.2, 0.25) is 15.9 Å². The fraction of sp³-hybridized carbons (Fsp3) is 0.316. The maximum absolute atomic E-state index is 13.0. The SMILES string of the molecule is CN(CC(=O)NC1CCc2ccccc2C1)S(=O)(=O)c1ccc(F)cc1. The van der Waals surface area contributed by atoms with Crippen LogP contribution in [0.4, 0.5) is 4.39 Å². The largest absolute Gasteiger partial charge is 0.352 e. The van der Waals surface area contributed by atoms with Gasteiger partial charge in [0, 0.05) is 13.1 Å². The minimum absolute atomic E-state index is 0.000625. The molecule has 1 amide bonds. The highest BCUT2D eigenvalue weighted by molar-refractivity contribution is 7.89. The molecule has 0 aromatic heterocycles. The number of carbonyl (C=O) groups excluding carboxylic acids is 1. The van der Waals surface area contributed by atoms with Gasteiger partial charge in [-0.2, -0.15) is 4.31 Å². The van der Waals surface area contributed by atoms with Gasteiger partial charge in [-0.25, -0.2) is 12.8 Å². The molecule has 0 fully saturated rings. The first-order chi connectivity index (χ1) is 12.4. The van der Waals surface area contributed by atoms with E-state index in [9.17, 15) is 17.6 Å². The molecular formula is C19H21FN2O3S. The third kappa shape index (κ3) is 4.11. The zero-order valence-corrected chi connectivity index (χ0v) is 15.3. The molecule has 0 radical (unpaired) electrons. The normalized spacial score (nSPS) is 17.0. The Morgan fingerprint density at radius 3 is 2.50 bits per heavy atom. The van der Waals surface area contributed by atoms with Crippen molar-refractivity contribution < 1.29 is 17.6 Å². The van der Waals surface area contributed by atoms with Gasteiger partial charge in [-0.3, -0.25) is 4.79 Å². The quantitative estimate of drug-likeness (QED) is 0.869. The lowest BCUT2D eigenvalue weighted by Gasteiger charge is -2.26. The van der Waals surface area contributed by atoms with Crippen LogP contribution in [0.2, 0.25) is 0 Å². The third-order valence-corrected chi connectivity index (χ3v) is 6.42. The van der Waals surface area contributed by atoms with Crippen molar-refractivity contribution in [2.75, 3.05) is 13.6 Å². The Balaban J connectivity index is 1.60. The van der Waals surface area contributed by atoms with E-state index in [2.05, 4.69) is 17.4 Å². The lowest BCUT2D eigenvalue weighted by atomic mass is 9.88. The minimum Gasteiger partial charge on any atom is -0.352 e. The number of sulfonamides is 1. The van der Waals surface area contributed by atoms with E-state index in [0.29, 0.717) is 0 Å². The molecule has 0 saturated carbocycles. The van der Waals surface area contributed by atoms with Crippen LogP contribution in [0.3, 0.4) is 0 Å². The van der Waals surface area contributed by atoms with Gasteiger partial charge in [-0.05, 0) is 54.7 Å². The predicted octanol–water partition coefficient (Wildman–Crippen LogP) is 2.12. The first-order valence-electron chi connectivity index (χ1n) is 8.44. The Kier molecular flexibility index (Phi) is 5.38. The van der Waals surface area contributed by atoms with Gasteiger partial charge in [0.25, 0.3) is 0 Å². The number of hydrogen-bond donors (Lipinski definition) is 1. The highest BCUT2D eigenvalue weighted by Crippen LogP contribution is 2.21. The monoisotopic (exact) mass is 376 g/mol. The van der Waals surface area contributed by atoms with Crippen molar-refractivity contribution in [3.63, 3.8) is 0 Å². The summed E-state index contributed by atoms with van der Waals surface area (Å²) in [5.74, 6) is -0.857. The van der Waals surface area contributed by atoms with E-state index in [0.717, 1.165) is 35.7 Å². The number of nitrogens with one attached hydrogen (secondary N) is 1. The highest BCUT2D eigenvalue weighted by atomic mass is 32.2. The fourth-order valence-corrected chi connectivity index (χ4v) is 4.30. The number of aryl methyl sites for hydroxylation is 1. The predicted molar refractivity (Wildman–Crippen MR) is 96.6 cm³/mol. The van der Waals surface area contributed by atoms with Crippen LogP contribution in [0.15, 0.2) is 53.4 Å². The van der Waals surface area contributed by atoms with Crippen LogP contribution in [0.1, 0.15) is 17.5 Å². The molecule has 0 spiro atoms. The third-order valence-electron chi connectivity index (χ3n) is 4.60. The topological polar surface area (TPSA) is 66.5 Å². The number of halogens is 1. The standard InChI is InChI=1S/C19H21FN2O3S/c1-22(26(24,25)18-10-7-16(20)8-11-18)13-19(23)21-17-9-6-14-4-2-3-5-15(14)12-17/h2-5,7-8,10-11,17H,6,9,12-13H2,1H3,(H,21,23). The summed E-state index contributed by atoms with van der Waals surface area (Å²) >= 11 is 0. The molecule has 3 rings (SSSR count). The first-order valence-corrected chi connectivity index (χ1v) is 9.88. The molecule has 0 saturated heterocycles. The molecular weight excluding hydrogens is 355 g/mol. The summed E-state index contributed by atoms with van der Waals surface area (Å²) in [6.45, 7) is -0.280. The number of hydrogen-bond acceptors (Lipinski definition) is 3. The Hall–Kier alpha value is -2.25. The van der Waals surface area contributed by atoms with Crippen molar-refractivity contribution in [2.24, 2.45) is 0 Å². The van der Waals surface area contributed by atoms with Crippen molar-refractivity contribution in [1.29, 1.82) is 0 Å². The number of benzene rings is 2. The fourth-order valence-electron chi connectivity index (χ4n) is 3.17. The Morgan fingerprint density at radius 1 is 1.15 bits per heavy atom. The summed E-state index contributed by atoms with van der Waals surface area (Å²) in [6.07, 6.45) is 2.47. The summed E-state index contributed by atoms with van der Waals surface area (Å²) in [6, 6.07) is 12.7. The van der Waals surface area contributed by atoms with Gasteiger partial charge in [-0.15, -0.1) is 0 Å². The second-order valence-electron chi connectivity index (χ2n) is 6.49. The lowest BCUT2D eigenvalue weighted by Crippen LogP contribution is -2.44. The average molecular weight is 376 g/mol. The Bertz CT molecular complexity index is 897. The van der Waals surface area contributed by atoms with Crippen molar-refractivity contribution >= 4 is 15.9 Å². The molecule has 1 atom stereocenters. The molecule has 0 heterocycles. The highest BCUT2D eigenvalue weighted by Gasteiger charge is 2.25. The smallest absolute Gasteiger partial charge is 0.243 e. The second-order valence-corrected chi connectivity index (χ2v) is 8.54. The van der Waals surface area contributed by atoms with Crippen molar-refractivity contribution in [1.82, 2.24) is 9.62 Å². The molecule has 2 aromatic rings. The average Bonchev–Trinajstić information content (AvgIpc) is 2.61. The van der Waals surface area contributed by atoms with Crippen molar-refractivity contribution in [3.05, 3.63) is 65.5 Å². The van der Waals surface area contributed by atoms with Crippen LogP contribution in [-0.2, 0) is 27.7 Å². The van der Waals surface area contributed by atoms with E-state index < -0.39 is 15.8 Å². The summed E-state index contributed by atoms with van der Waals surface area (Å²) in [5, 5.41) is 2.92. The molecule has 5 nitrogen and oxygen atoms in total. The summed E-state index contributed by atoms with van der Waals surface area (Å²) in [7, 11) is -2.49. The van der Waals surface area contributed by atoms with Crippen LogP contribution < -0.4 is 5.32 Å². The van der Waals surface area contributed by atoms with E-state index in [4.69, 9.17) is 0 Å². The van der Waals surface area contributed by atoms with Crippen LogP contribution in [0.5, 0.6) is 0 Å². The van der Waals surface area contributed by atoms with Gasteiger partial charge in [0.15, 0.2) is 0 Å². The van der Waals surface area contributed by atoms with Gasteiger partial charge in [0.05, 0.1) is 11.4 Å². The van der Waals surface area contributed by atoms with Gasteiger partial charge in [0.1, 0.15) is 5.82 Å². The molecule has 1 unspecified atom stereocenters. The Labute approximate surface area is 152 Å². The lowest BCUT2D eigenvalue weighted by molar-refractivity contribution is -0.121. The number of rotatable bonds is 5. The molecule has 7 heteroatoms. The maximum atomic E-state index is 13.0. The van der Waals surface area contributed by atoms with Crippen LogP contribution in [0.25, 0.3) is 0 Å². The van der Waals surface area contributed by atoms with Crippen LogP contribution >= 0.6 is 0 Å². The van der Waals surface area contributed by atoms with E-state index >= 15 is 0 Å². The molecule has 1 aliphatic carbocycles. The minimum atomic E-state index is -3.83. The number of nitrogens with zero attached hydrogens (tertiary/aromatic N) is 1. The molecule has 2 aromatic carbocycles. The van der Waals surface area contributed by atoms with Crippen LogP contribution in [0, 0.1) is 5.82 Å². The van der Waals surface area contributed by atoms with E-state index in [1.165, 1.54) is 30.3 Å². The van der Waals surface area contributed by atoms with Crippen molar-refractivity contribution in [3.8, 4) is 0 Å². The summed E-state index contributed by atoms with van der Waals surface area (Å²) < 4.78 is 38.9. The van der Waals surface area contributed by atoms with Crippen LogP contribution in [-0.4, -0.2) is 38.3 Å². The molecule has 1 N–H and O–H groups in total. The summed E-state index contributed by atoms with van der Waals surface area (Å²) in [4.78, 5) is 12.2. The Morgan fingerprint density at radius 2 is 1.81 bits per heavy atom. The number of fused-ring (bicyclic) bond motifs is 1. The molecule has 138 valence electrons. The van der Waals surface area contributed by atoms with E-state index in [1.54, 1.807) is 0 Å². The van der Waals surface area contributed by atoms with E-state index in [1.807, 2.05) is 12.1 Å². The van der Waals surface area contributed by atoms with E-state index in [-0.39, 0.29) is 23.4 Å². The zero-order chi connectivity index (χ0) is 18.7. The molecule has 26 heavy (non-hydrogen) atoms. The zero-order valence-electron chi connectivity index (χ0n) is 14.5. The molecule has 1 aliphatic rings. The first kappa shape index (κ1) is 18.5. The maximum Gasteiger partial charge on any atom is 0.243 e. The number of likely N-dealkylation sites (N-methyl/N-ethyl adjacent to an activating group) is 1. The van der Waals surface area contributed by atoms with Gasteiger partial charge in [-0.1, -0.05) is 24.3 Å². The molecule has 0 aliphatic heterocycles. The summed E-state index contributed by atoms with van der Waals surface area (Å²) in [5.41, 5.74) is 2.52. The number of carbonyl (C=O) groups is 1. The second kappa shape index (κ2) is 7.55. The van der Waals surface area contributed by atoms with Gasteiger partial charge < -0.3 is 5.32 Å². The number of amides is 1.